The van der Waals surface area contributed by atoms with Crippen LogP contribution in [-0.2, 0) is 5.75 Å². The quantitative estimate of drug-likeness (QED) is 0.352. The number of hydrogen-bond acceptors (Lipinski definition) is 6. The summed E-state index contributed by atoms with van der Waals surface area (Å²) >= 11 is 9.96. The van der Waals surface area contributed by atoms with Gasteiger partial charge in [0.05, 0.1) is 5.52 Å². The van der Waals surface area contributed by atoms with Crippen molar-refractivity contribution in [2.24, 2.45) is 0 Å². The molecule has 152 valence electrons. The SMILES string of the molecule is CSc1ccc2cc(CSc3nnc(N4CCCCC4)n3C3CC3)c(Cl)nc2c1. The topological polar surface area (TPSA) is 46.8 Å². The number of thioether (sulfide) groups is 2. The maximum Gasteiger partial charge on any atom is 0.228 e. The number of anilines is 1. The second kappa shape index (κ2) is 8.36. The molecule has 2 aliphatic rings. The van der Waals surface area contributed by atoms with Crippen molar-refractivity contribution in [3.05, 3.63) is 35.0 Å². The molecule has 0 N–H and O–H groups in total. The molecule has 0 bridgehead atoms. The molecule has 2 fully saturated rings. The van der Waals surface area contributed by atoms with Crippen LogP contribution in [0.1, 0.15) is 43.7 Å². The third-order valence-corrected chi connectivity index (χ3v) is 7.65. The van der Waals surface area contributed by atoms with Crippen molar-refractivity contribution in [3.63, 3.8) is 0 Å². The number of nitrogens with zero attached hydrogens (tertiary/aromatic N) is 5. The van der Waals surface area contributed by atoms with Gasteiger partial charge in [-0.2, -0.15) is 0 Å². The van der Waals surface area contributed by atoms with Gasteiger partial charge in [0, 0.05) is 40.7 Å². The van der Waals surface area contributed by atoms with E-state index in [9.17, 15) is 0 Å². The van der Waals surface area contributed by atoms with Crippen LogP contribution in [0.5, 0.6) is 0 Å². The first-order chi connectivity index (χ1) is 14.2. The molecule has 1 aliphatic heterocycles. The molecule has 1 aromatic carbocycles. The van der Waals surface area contributed by atoms with Crippen molar-refractivity contribution in [3.8, 4) is 0 Å². The Morgan fingerprint density at radius 3 is 2.69 bits per heavy atom. The van der Waals surface area contributed by atoms with Crippen LogP contribution in [0, 0.1) is 0 Å². The van der Waals surface area contributed by atoms with Gasteiger partial charge in [-0.05, 0) is 56.6 Å². The Morgan fingerprint density at radius 1 is 1.10 bits per heavy atom. The first-order valence-electron chi connectivity index (χ1n) is 10.2. The number of rotatable bonds is 6. The highest BCUT2D eigenvalue weighted by atomic mass is 35.5. The van der Waals surface area contributed by atoms with Crippen molar-refractivity contribution in [1.82, 2.24) is 19.7 Å². The first-order valence-corrected chi connectivity index (χ1v) is 12.8. The van der Waals surface area contributed by atoms with Gasteiger partial charge in [0.25, 0.3) is 0 Å². The summed E-state index contributed by atoms with van der Waals surface area (Å²) in [7, 11) is 0. The second-order valence-corrected chi connectivity index (χ2v) is 9.90. The van der Waals surface area contributed by atoms with Gasteiger partial charge in [-0.25, -0.2) is 4.98 Å². The van der Waals surface area contributed by atoms with Crippen molar-refractivity contribution in [2.45, 2.75) is 54.0 Å². The van der Waals surface area contributed by atoms with E-state index in [4.69, 9.17) is 11.6 Å². The monoisotopic (exact) mass is 445 g/mol. The maximum absolute atomic E-state index is 6.52. The molecule has 3 heterocycles. The molecule has 29 heavy (non-hydrogen) atoms. The van der Waals surface area contributed by atoms with Crippen LogP contribution in [0.3, 0.4) is 0 Å². The van der Waals surface area contributed by atoms with Crippen molar-refractivity contribution >= 4 is 52.0 Å². The number of benzene rings is 1. The minimum absolute atomic E-state index is 0.555. The maximum atomic E-state index is 6.52. The second-order valence-electron chi connectivity index (χ2n) is 7.72. The summed E-state index contributed by atoms with van der Waals surface area (Å²) in [4.78, 5) is 8.24. The summed E-state index contributed by atoms with van der Waals surface area (Å²) in [6, 6.07) is 9.07. The minimum Gasteiger partial charge on any atom is -0.341 e. The molecule has 1 saturated heterocycles. The van der Waals surface area contributed by atoms with E-state index >= 15 is 0 Å². The Morgan fingerprint density at radius 2 is 1.93 bits per heavy atom. The van der Waals surface area contributed by atoms with Crippen LogP contribution < -0.4 is 4.90 Å². The Hall–Kier alpha value is -1.44. The van der Waals surface area contributed by atoms with Crippen molar-refractivity contribution in [1.29, 1.82) is 0 Å². The van der Waals surface area contributed by atoms with Gasteiger partial charge in [0.2, 0.25) is 5.95 Å². The molecule has 0 spiro atoms. The van der Waals surface area contributed by atoms with Gasteiger partial charge in [-0.15, -0.1) is 22.0 Å². The van der Waals surface area contributed by atoms with Gasteiger partial charge in [0.15, 0.2) is 5.16 Å². The fourth-order valence-electron chi connectivity index (χ4n) is 3.87. The fourth-order valence-corrected chi connectivity index (χ4v) is 5.57. The third-order valence-electron chi connectivity index (χ3n) is 5.61. The zero-order valence-corrected chi connectivity index (χ0v) is 18.9. The largest absolute Gasteiger partial charge is 0.341 e. The van der Waals surface area contributed by atoms with E-state index in [1.165, 1.54) is 37.0 Å². The lowest BCUT2D eigenvalue weighted by molar-refractivity contribution is 0.548. The number of fused-ring (bicyclic) bond motifs is 1. The normalized spacial score (nSPS) is 17.2. The zero-order valence-electron chi connectivity index (χ0n) is 16.5. The predicted molar refractivity (Wildman–Crippen MR) is 122 cm³/mol. The Labute approximate surface area is 184 Å². The van der Waals surface area contributed by atoms with Crippen molar-refractivity contribution < 1.29 is 0 Å². The number of piperidine rings is 1. The summed E-state index contributed by atoms with van der Waals surface area (Å²) in [5, 5.41) is 11.8. The minimum atomic E-state index is 0.555. The van der Waals surface area contributed by atoms with Gasteiger partial charge >= 0.3 is 0 Å². The van der Waals surface area contributed by atoms with Crippen LogP contribution in [-0.4, -0.2) is 39.1 Å². The van der Waals surface area contributed by atoms with Gasteiger partial charge in [-0.3, -0.25) is 4.57 Å². The standard InChI is InChI=1S/C21H24ClN5S2/c1-28-17-8-5-14-11-15(19(22)23-18(14)12-17)13-29-21-25-24-20(27(21)16-6-7-16)26-9-3-2-4-10-26/h5,8,11-12,16H,2-4,6-7,9-10,13H2,1H3. The molecule has 0 unspecified atom stereocenters. The third kappa shape index (κ3) is 4.09. The highest BCUT2D eigenvalue weighted by Crippen LogP contribution is 2.42. The number of hydrogen-bond donors (Lipinski definition) is 0. The Bertz CT molecular complexity index is 1030. The Kier molecular flexibility index (Phi) is 5.63. The summed E-state index contributed by atoms with van der Waals surface area (Å²) in [5.74, 6) is 1.80. The smallest absolute Gasteiger partial charge is 0.228 e. The molecule has 0 radical (unpaired) electrons. The van der Waals surface area contributed by atoms with Crippen LogP contribution >= 0.6 is 35.1 Å². The van der Waals surface area contributed by atoms with E-state index in [-0.39, 0.29) is 0 Å². The molecule has 1 aliphatic carbocycles. The lowest BCUT2D eigenvalue weighted by Gasteiger charge is -2.27. The lowest BCUT2D eigenvalue weighted by atomic mass is 10.1. The van der Waals surface area contributed by atoms with E-state index in [0.29, 0.717) is 11.2 Å². The fraction of sp³-hybridized carbons (Fsp3) is 0.476. The number of halogens is 1. The molecular weight excluding hydrogens is 422 g/mol. The van der Waals surface area contributed by atoms with Crippen LogP contribution in [0.25, 0.3) is 10.9 Å². The van der Waals surface area contributed by atoms with Gasteiger partial charge in [-0.1, -0.05) is 29.4 Å². The molecule has 2 aromatic heterocycles. The van der Waals surface area contributed by atoms with E-state index in [0.717, 1.165) is 46.4 Å². The van der Waals surface area contributed by atoms with E-state index < -0.39 is 0 Å². The Balaban J connectivity index is 1.38. The molecule has 5 rings (SSSR count). The number of pyridine rings is 1. The van der Waals surface area contributed by atoms with Gasteiger partial charge in [0.1, 0.15) is 5.15 Å². The summed E-state index contributed by atoms with van der Waals surface area (Å²) < 4.78 is 2.36. The number of aromatic nitrogens is 4. The van der Waals surface area contributed by atoms with E-state index in [2.05, 4.69) is 55.2 Å². The summed E-state index contributed by atoms with van der Waals surface area (Å²) in [6.07, 6.45) is 8.34. The summed E-state index contributed by atoms with van der Waals surface area (Å²) in [5.41, 5.74) is 2.00. The van der Waals surface area contributed by atoms with Crippen LogP contribution in [0.4, 0.5) is 5.95 Å². The average molecular weight is 446 g/mol. The molecule has 5 nitrogen and oxygen atoms in total. The molecule has 1 saturated carbocycles. The highest BCUT2D eigenvalue weighted by Gasteiger charge is 2.32. The molecule has 0 amide bonds. The molecule has 0 atom stereocenters. The first kappa shape index (κ1) is 19.5. The predicted octanol–water partition coefficient (Wildman–Crippen LogP) is 5.82. The average Bonchev–Trinajstić information content (AvgIpc) is 3.51. The van der Waals surface area contributed by atoms with Crippen molar-refractivity contribution in [2.75, 3.05) is 24.2 Å². The van der Waals surface area contributed by atoms with E-state index in [1.54, 1.807) is 23.5 Å². The van der Waals surface area contributed by atoms with Gasteiger partial charge < -0.3 is 4.90 Å². The lowest BCUT2D eigenvalue weighted by Crippen LogP contribution is -2.31. The van der Waals surface area contributed by atoms with Crippen LogP contribution in [0.2, 0.25) is 5.15 Å². The molecule has 8 heteroatoms. The molecular formula is C21H24ClN5S2. The summed E-state index contributed by atoms with van der Waals surface area (Å²) in [6.45, 7) is 2.18. The highest BCUT2D eigenvalue weighted by molar-refractivity contribution is 7.98. The van der Waals surface area contributed by atoms with Crippen LogP contribution in [0.15, 0.2) is 34.3 Å². The zero-order chi connectivity index (χ0) is 19.8. The van der Waals surface area contributed by atoms with E-state index in [1.807, 2.05) is 0 Å². The molecule has 3 aromatic rings.